The van der Waals surface area contributed by atoms with Crippen molar-refractivity contribution in [3.8, 4) is 5.75 Å². The molecular formula is C26H19N3O4. The summed E-state index contributed by atoms with van der Waals surface area (Å²) in [5, 5.41) is 2.94. The maximum absolute atomic E-state index is 13.6. The van der Waals surface area contributed by atoms with Crippen molar-refractivity contribution in [2.45, 2.75) is 19.0 Å². The van der Waals surface area contributed by atoms with Crippen LogP contribution in [0.2, 0.25) is 0 Å². The van der Waals surface area contributed by atoms with E-state index < -0.39 is 6.04 Å². The van der Waals surface area contributed by atoms with Crippen molar-refractivity contribution in [3.63, 3.8) is 0 Å². The van der Waals surface area contributed by atoms with Gasteiger partial charge in [-0.1, -0.05) is 36.4 Å². The van der Waals surface area contributed by atoms with Gasteiger partial charge in [-0.25, -0.2) is 9.69 Å². The van der Waals surface area contributed by atoms with Crippen LogP contribution in [0.15, 0.2) is 65.1 Å². The highest BCUT2D eigenvalue weighted by atomic mass is 16.5. The van der Waals surface area contributed by atoms with E-state index in [0.29, 0.717) is 30.0 Å². The number of aromatic nitrogens is 1. The molecule has 1 saturated heterocycles. The van der Waals surface area contributed by atoms with E-state index in [9.17, 15) is 9.59 Å². The molecular weight excluding hydrogens is 418 g/mol. The highest BCUT2D eigenvalue weighted by molar-refractivity contribution is 6.23. The predicted octanol–water partition coefficient (Wildman–Crippen LogP) is 4.97. The fourth-order valence-corrected chi connectivity index (χ4v) is 5.30. The fraction of sp³-hybridized carbons (Fsp3) is 0.154. The third-order valence-corrected chi connectivity index (χ3v) is 6.87. The molecule has 0 bridgehead atoms. The van der Waals surface area contributed by atoms with Crippen LogP contribution in [0.5, 0.6) is 5.75 Å². The number of fused-ring (bicyclic) bond motifs is 7. The first kappa shape index (κ1) is 18.3. The minimum Gasteiger partial charge on any atom is -0.495 e. The summed E-state index contributed by atoms with van der Waals surface area (Å²) in [6, 6.07) is 18.4. The van der Waals surface area contributed by atoms with Gasteiger partial charge in [0.15, 0.2) is 0 Å². The van der Waals surface area contributed by atoms with Crippen molar-refractivity contribution in [3.05, 3.63) is 71.9 Å². The molecule has 162 valence electrons. The Labute approximate surface area is 188 Å². The number of rotatable bonds is 2. The van der Waals surface area contributed by atoms with Gasteiger partial charge in [-0.05, 0) is 23.8 Å². The summed E-state index contributed by atoms with van der Waals surface area (Å²) in [5.41, 5.74) is 4.87. The Morgan fingerprint density at radius 2 is 1.76 bits per heavy atom. The molecule has 3 aromatic carbocycles. The van der Waals surface area contributed by atoms with Gasteiger partial charge in [0.1, 0.15) is 23.0 Å². The smallest absolute Gasteiger partial charge is 0.332 e. The van der Waals surface area contributed by atoms with E-state index in [-0.39, 0.29) is 11.9 Å². The lowest BCUT2D eigenvalue weighted by Gasteiger charge is -2.26. The molecule has 0 spiro atoms. The molecule has 2 aliphatic heterocycles. The van der Waals surface area contributed by atoms with Gasteiger partial charge >= 0.3 is 6.03 Å². The van der Waals surface area contributed by atoms with Crippen LogP contribution < -0.4 is 9.64 Å². The summed E-state index contributed by atoms with van der Waals surface area (Å²) in [5.74, 6) is 0.212. The van der Waals surface area contributed by atoms with Crippen molar-refractivity contribution >= 4 is 50.5 Å². The third kappa shape index (κ3) is 2.39. The number of carbonyl (C=O) groups excluding carboxylic acids is 2. The first-order valence-corrected chi connectivity index (χ1v) is 10.9. The average Bonchev–Trinajstić information content (AvgIpc) is 3.46. The van der Waals surface area contributed by atoms with Crippen LogP contribution in [0.1, 0.15) is 11.3 Å². The molecule has 2 aromatic heterocycles. The van der Waals surface area contributed by atoms with Crippen molar-refractivity contribution in [1.29, 1.82) is 0 Å². The fourth-order valence-electron chi connectivity index (χ4n) is 5.30. The summed E-state index contributed by atoms with van der Waals surface area (Å²) in [7, 11) is 1.54. The largest absolute Gasteiger partial charge is 0.495 e. The van der Waals surface area contributed by atoms with Gasteiger partial charge in [0, 0.05) is 39.9 Å². The Hall–Kier alpha value is -4.26. The molecule has 7 nitrogen and oxygen atoms in total. The van der Waals surface area contributed by atoms with Crippen LogP contribution in [-0.4, -0.2) is 35.0 Å². The van der Waals surface area contributed by atoms with E-state index in [0.717, 1.165) is 38.5 Å². The molecule has 1 N–H and O–H groups in total. The zero-order chi connectivity index (χ0) is 22.3. The summed E-state index contributed by atoms with van der Waals surface area (Å²) in [4.78, 5) is 33.3. The number of imide groups is 1. The van der Waals surface area contributed by atoms with E-state index in [1.807, 2.05) is 48.5 Å². The van der Waals surface area contributed by atoms with Crippen LogP contribution in [0.3, 0.4) is 0 Å². The molecule has 3 amide bonds. The molecule has 0 unspecified atom stereocenters. The molecule has 1 fully saturated rings. The Bertz CT molecular complexity index is 1630. The Balaban J connectivity index is 1.34. The molecule has 0 aliphatic carbocycles. The molecule has 2 aliphatic rings. The summed E-state index contributed by atoms with van der Waals surface area (Å²) >= 11 is 0. The quantitative estimate of drug-likeness (QED) is 0.396. The molecule has 7 heteroatoms. The Morgan fingerprint density at radius 1 is 0.970 bits per heavy atom. The predicted molar refractivity (Wildman–Crippen MR) is 124 cm³/mol. The zero-order valence-corrected chi connectivity index (χ0v) is 17.8. The number of hydrogen-bond acceptors (Lipinski definition) is 4. The number of carbonyl (C=O) groups is 2. The maximum atomic E-state index is 13.6. The highest BCUT2D eigenvalue weighted by Gasteiger charge is 2.49. The number of amides is 3. The molecule has 33 heavy (non-hydrogen) atoms. The average molecular weight is 437 g/mol. The monoisotopic (exact) mass is 437 g/mol. The van der Waals surface area contributed by atoms with Gasteiger partial charge in [-0.2, -0.15) is 0 Å². The van der Waals surface area contributed by atoms with Crippen molar-refractivity contribution in [2.75, 3.05) is 12.0 Å². The van der Waals surface area contributed by atoms with Gasteiger partial charge in [0.25, 0.3) is 5.91 Å². The number of urea groups is 1. The SMILES string of the molecule is COc1cc2c(cc1N1C(=O)[C@@H]3Cc4c([nH]c5ccccc45)CN3C1=O)oc1ccccc12. The number of anilines is 1. The lowest BCUT2D eigenvalue weighted by Crippen LogP contribution is -2.39. The topological polar surface area (TPSA) is 78.8 Å². The number of H-pyrrole nitrogens is 1. The molecule has 5 aromatic rings. The van der Waals surface area contributed by atoms with Crippen molar-refractivity contribution < 1.29 is 18.7 Å². The maximum Gasteiger partial charge on any atom is 0.332 e. The second-order valence-corrected chi connectivity index (χ2v) is 8.55. The first-order valence-electron chi connectivity index (χ1n) is 10.9. The summed E-state index contributed by atoms with van der Waals surface area (Å²) in [6.45, 7) is 0.366. The number of furan rings is 1. The molecule has 1 atom stereocenters. The molecule has 0 saturated carbocycles. The van der Waals surface area contributed by atoms with Gasteiger partial charge in [-0.3, -0.25) is 4.79 Å². The van der Waals surface area contributed by atoms with E-state index >= 15 is 0 Å². The van der Waals surface area contributed by atoms with E-state index in [2.05, 4.69) is 11.1 Å². The standard InChI is InChI=1S/C26H19N3O4/c1-32-24-11-17-15-7-3-5-9-22(15)33-23(17)12-20(24)29-25(30)21-10-16-14-6-2-4-8-18(14)27-19(16)13-28(21)26(29)31/h2-9,11-12,21,27H,10,13H2,1H3/t21-/m0/s1. The number of methoxy groups -OCH3 is 1. The Kier molecular flexibility index (Phi) is 3.55. The number of nitrogens with zero attached hydrogens (tertiary/aromatic N) is 2. The molecule has 4 heterocycles. The number of hydrogen-bond donors (Lipinski definition) is 1. The van der Waals surface area contributed by atoms with Crippen molar-refractivity contribution in [2.24, 2.45) is 0 Å². The summed E-state index contributed by atoms with van der Waals surface area (Å²) in [6.07, 6.45) is 0.482. The number of ether oxygens (including phenoxy) is 1. The first-order chi connectivity index (χ1) is 16.1. The minimum atomic E-state index is -0.541. The molecule has 7 rings (SSSR count). The third-order valence-electron chi connectivity index (χ3n) is 6.87. The molecule has 0 radical (unpaired) electrons. The van der Waals surface area contributed by atoms with Gasteiger partial charge in [0.05, 0.1) is 19.3 Å². The van der Waals surface area contributed by atoms with Crippen LogP contribution in [-0.2, 0) is 17.8 Å². The second-order valence-electron chi connectivity index (χ2n) is 8.55. The van der Waals surface area contributed by atoms with Gasteiger partial charge in [0.2, 0.25) is 0 Å². The van der Waals surface area contributed by atoms with Gasteiger partial charge in [-0.15, -0.1) is 0 Å². The number of benzene rings is 3. The van der Waals surface area contributed by atoms with Crippen LogP contribution in [0.4, 0.5) is 10.5 Å². The number of nitrogens with one attached hydrogen (secondary N) is 1. The number of para-hydroxylation sites is 2. The normalized spacial score (nSPS) is 17.9. The van der Waals surface area contributed by atoms with Crippen LogP contribution in [0, 0.1) is 0 Å². The second kappa shape index (κ2) is 6.38. The lowest BCUT2D eigenvalue weighted by atomic mass is 9.97. The summed E-state index contributed by atoms with van der Waals surface area (Å²) < 4.78 is 11.6. The Morgan fingerprint density at radius 3 is 2.61 bits per heavy atom. The van der Waals surface area contributed by atoms with E-state index in [1.54, 1.807) is 18.1 Å². The van der Waals surface area contributed by atoms with Gasteiger partial charge < -0.3 is 19.0 Å². The van der Waals surface area contributed by atoms with E-state index in [1.165, 1.54) is 4.90 Å². The van der Waals surface area contributed by atoms with E-state index in [4.69, 9.17) is 9.15 Å². The van der Waals surface area contributed by atoms with Crippen LogP contribution >= 0.6 is 0 Å². The minimum absolute atomic E-state index is 0.246. The highest BCUT2D eigenvalue weighted by Crippen LogP contribution is 2.42. The zero-order valence-electron chi connectivity index (χ0n) is 17.8. The van der Waals surface area contributed by atoms with Crippen LogP contribution in [0.25, 0.3) is 32.8 Å². The number of aromatic amines is 1. The van der Waals surface area contributed by atoms with Crippen molar-refractivity contribution in [1.82, 2.24) is 9.88 Å². The lowest BCUT2D eigenvalue weighted by molar-refractivity contribution is -0.120.